The third-order valence-electron chi connectivity index (χ3n) is 4.40. The van der Waals surface area contributed by atoms with Crippen LogP contribution < -0.4 is 5.73 Å². The summed E-state index contributed by atoms with van der Waals surface area (Å²) >= 11 is 12.4. The quantitative estimate of drug-likeness (QED) is 0.730. The summed E-state index contributed by atoms with van der Waals surface area (Å²) in [6, 6.07) is 5.64. The van der Waals surface area contributed by atoms with Gasteiger partial charge in [0.1, 0.15) is 0 Å². The van der Waals surface area contributed by atoms with E-state index in [2.05, 4.69) is 6.92 Å². The predicted octanol–water partition coefficient (Wildman–Crippen LogP) is 5.53. The molecule has 2 rings (SSSR count). The van der Waals surface area contributed by atoms with Crippen LogP contribution in [0.4, 0.5) is 0 Å². The van der Waals surface area contributed by atoms with E-state index in [1.807, 2.05) is 18.2 Å². The summed E-state index contributed by atoms with van der Waals surface area (Å²) in [6.45, 7) is 2.26. The highest BCUT2D eigenvalue weighted by molar-refractivity contribution is 6.33. The minimum absolute atomic E-state index is 0.301. The first-order valence-corrected chi connectivity index (χ1v) is 8.05. The zero-order valence-electron chi connectivity index (χ0n) is 11.6. The van der Waals surface area contributed by atoms with Crippen LogP contribution in [0, 0.1) is 5.92 Å². The predicted molar refractivity (Wildman–Crippen MR) is 83.8 cm³/mol. The molecule has 3 heteroatoms. The van der Waals surface area contributed by atoms with Gasteiger partial charge in [0, 0.05) is 15.6 Å². The van der Waals surface area contributed by atoms with Gasteiger partial charge in [0.15, 0.2) is 0 Å². The van der Waals surface area contributed by atoms with Crippen LogP contribution in [0.2, 0.25) is 10.0 Å². The molecule has 1 fully saturated rings. The zero-order chi connectivity index (χ0) is 13.9. The molecule has 0 heterocycles. The second kappa shape index (κ2) is 6.47. The van der Waals surface area contributed by atoms with Crippen LogP contribution in [-0.2, 0) is 5.54 Å². The maximum Gasteiger partial charge on any atom is 0.0457 e. The van der Waals surface area contributed by atoms with Crippen LogP contribution in [0.15, 0.2) is 18.2 Å². The fraction of sp³-hybridized carbons (Fsp3) is 0.625. The minimum atomic E-state index is -0.301. The van der Waals surface area contributed by atoms with E-state index >= 15 is 0 Å². The Morgan fingerprint density at radius 3 is 2.79 bits per heavy atom. The summed E-state index contributed by atoms with van der Waals surface area (Å²) in [4.78, 5) is 0. The molecule has 0 spiro atoms. The second-order valence-corrected chi connectivity index (χ2v) is 6.71. The van der Waals surface area contributed by atoms with Gasteiger partial charge in [0.05, 0.1) is 0 Å². The first-order valence-electron chi connectivity index (χ1n) is 7.29. The van der Waals surface area contributed by atoms with Gasteiger partial charge in [-0.05, 0) is 48.9 Å². The molecule has 1 aliphatic rings. The van der Waals surface area contributed by atoms with Gasteiger partial charge in [-0.15, -0.1) is 0 Å². The third-order valence-corrected chi connectivity index (χ3v) is 4.96. The lowest BCUT2D eigenvalue weighted by atomic mass is 9.83. The van der Waals surface area contributed by atoms with E-state index in [4.69, 9.17) is 28.9 Å². The Morgan fingerprint density at radius 1 is 1.26 bits per heavy atom. The highest BCUT2D eigenvalue weighted by atomic mass is 35.5. The molecule has 1 nitrogen and oxygen atoms in total. The van der Waals surface area contributed by atoms with Crippen LogP contribution in [-0.4, -0.2) is 0 Å². The first-order chi connectivity index (χ1) is 9.05. The van der Waals surface area contributed by atoms with Crippen molar-refractivity contribution in [1.29, 1.82) is 0 Å². The molecule has 1 saturated carbocycles. The third kappa shape index (κ3) is 3.65. The molecule has 2 N–H and O–H groups in total. The van der Waals surface area contributed by atoms with Gasteiger partial charge in [-0.3, -0.25) is 0 Å². The normalized spacial score (nSPS) is 28.1. The van der Waals surface area contributed by atoms with E-state index in [1.165, 1.54) is 32.1 Å². The molecule has 0 saturated heterocycles. The van der Waals surface area contributed by atoms with Crippen molar-refractivity contribution < 1.29 is 0 Å². The van der Waals surface area contributed by atoms with Gasteiger partial charge in [-0.2, -0.15) is 0 Å². The van der Waals surface area contributed by atoms with Gasteiger partial charge in [-0.1, -0.05) is 55.8 Å². The van der Waals surface area contributed by atoms with E-state index in [-0.39, 0.29) is 5.54 Å². The first kappa shape index (κ1) is 15.2. The topological polar surface area (TPSA) is 26.0 Å². The zero-order valence-corrected chi connectivity index (χ0v) is 13.1. The van der Waals surface area contributed by atoms with Gasteiger partial charge in [0.25, 0.3) is 0 Å². The van der Waals surface area contributed by atoms with Gasteiger partial charge in [-0.25, -0.2) is 0 Å². The van der Waals surface area contributed by atoms with Crippen molar-refractivity contribution in [3.8, 4) is 0 Å². The summed E-state index contributed by atoms with van der Waals surface area (Å²) in [6.07, 6.45) is 8.28. The van der Waals surface area contributed by atoms with E-state index in [0.717, 1.165) is 34.4 Å². The molecule has 0 aliphatic heterocycles. The van der Waals surface area contributed by atoms with Gasteiger partial charge < -0.3 is 5.73 Å². The van der Waals surface area contributed by atoms with E-state index in [0.29, 0.717) is 0 Å². The lowest BCUT2D eigenvalue weighted by molar-refractivity contribution is 0.367. The lowest BCUT2D eigenvalue weighted by Crippen LogP contribution is -2.36. The minimum Gasteiger partial charge on any atom is -0.321 e. The second-order valence-electron chi connectivity index (χ2n) is 5.87. The number of rotatable bonds is 3. The summed E-state index contributed by atoms with van der Waals surface area (Å²) in [5.41, 5.74) is 7.39. The van der Waals surface area contributed by atoms with E-state index in [1.54, 1.807) is 0 Å². The molecule has 0 bridgehead atoms. The van der Waals surface area contributed by atoms with Crippen molar-refractivity contribution in [2.24, 2.45) is 11.7 Å². The Bertz CT molecular complexity index is 433. The molecule has 2 unspecified atom stereocenters. The van der Waals surface area contributed by atoms with Crippen molar-refractivity contribution in [3.05, 3.63) is 33.8 Å². The number of nitrogens with two attached hydrogens (primary N) is 1. The number of halogens is 2. The van der Waals surface area contributed by atoms with Crippen molar-refractivity contribution in [2.45, 2.75) is 57.4 Å². The highest BCUT2D eigenvalue weighted by Crippen LogP contribution is 2.40. The van der Waals surface area contributed by atoms with Crippen molar-refractivity contribution in [1.82, 2.24) is 0 Å². The Labute approximate surface area is 126 Å². The van der Waals surface area contributed by atoms with Crippen LogP contribution in [0.5, 0.6) is 0 Å². The molecule has 0 radical (unpaired) electrons. The highest BCUT2D eigenvalue weighted by Gasteiger charge is 2.32. The van der Waals surface area contributed by atoms with Gasteiger partial charge >= 0.3 is 0 Å². The molecular formula is C16H23Cl2N. The molecule has 1 aromatic carbocycles. The van der Waals surface area contributed by atoms with Crippen molar-refractivity contribution >= 4 is 23.2 Å². The maximum atomic E-state index is 6.67. The largest absolute Gasteiger partial charge is 0.321 e. The van der Waals surface area contributed by atoms with Crippen molar-refractivity contribution in [2.75, 3.05) is 0 Å². The Kier molecular flexibility index (Phi) is 5.16. The number of hydrogen-bond acceptors (Lipinski definition) is 1. The molecule has 2 atom stereocenters. The molecular weight excluding hydrogens is 277 g/mol. The summed E-state index contributed by atoms with van der Waals surface area (Å²) < 4.78 is 0. The molecule has 106 valence electrons. The van der Waals surface area contributed by atoms with Crippen molar-refractivity contribution in [3.63, 3.8) is 0 Å². The Morgan fingerprint density at radius 2 is 2.05 bits per heavy atom. The Balaban J connectivity index is 2.20. The summed E-state index contributed by atoms with van der Waals surface area (Å²) in [5.74, 6) is 0.827. The number of benzene rings is 1. The number of hydrogen-bond donors (Lipinski definition) is 1. The molecule has 19 heavy (non-hydrogen) atoms. The molecule has 1 aromatic rings. The van der Waals surface area contributed by atoms with Crippen LogP contribution in [0.25, 0.3) is 0 Å². The maximum absolute atomic E-state index is 6.67. The standard InChI is InChI=1S/C16H23Cl2N/c1-2-4-12-5-3-9-16(19,10-8-12)14-11-13(17)6-7-15(14)18/h6-7,11-12H,2-5,8-10,19H2,1H3. The van der Waals surface area contributed by atoms with Crippen LogP contribution in [0.1, 0.15) is 57.4 Å². The average Bonchev–Trinajstić information content (AvgIpc) is 2.56. The molecule has 0 aromatic heterocycles. The smallest absolute Gasteiger partial charge is 0.0457 e. The SMILES string of the molecule is CCCC1CCCC(N)(c2cc(Cl)ccc2Cl)CC1. The van der Waals surface area contributed by atoms with Crippen LogP contribution >= 0.6 is 23.2 Å². The van der Waals surface area contributed by atoms with E-state index < -0.39 is 0 Å². The summed E-state index contributed by atoms with van der Waals surface area (Å²) in [7, 11) is 0. The summed E-state index contributed by atoms with van der Waals surface area (Å²) in [5, 5.41) is 1.47. The van der Waals surface area contributed by atoms with Gasteiger partial charge in [0.2, 0.25) is 0 Å². The fourth-order valence-electron chi connectivity index (χ4n) is 3.28. The van der Waals surface area contributed by atoms with Crippen LogP contribution in [0.3, 0.4) is 0 Å². The average molecular weight is 300 g/mol. The molecule has 1 aliphatic carbocycles. The molecule has 0 amide bonds. The van der Waals surface area contributed by atoms with E-state index in [9.17, 15) is 0 Å². The Hall–Kier alpha value is -0.240. The lowest BCUT2D eigenvalue weighted by Gasteiger charge is -2.30. The fourth-order valence-corrected chi connectivity index (χ4v) is 3.76. The monoisotopic (exact) mass is 299 g/mol.